The van der Waals surface area contributed by atoms with E-state index >= 15 is 0 Å². The number of hydrogen-bond acceptors (Lipinski definition) is 4. The summed E-state index contributed by atoms with van der Waals surface area (Å²) in [6, 6.07) is 9.91. The van der Waals surface area contributed by atoms with E-state index in [2.05, 4.69) is 39.9 Å². The molecular weight excluding hydrogens is 394 g/mol. The number of β-lactam (4-membered cyclic amide) rings is 1. The number of esters is 1. The number of methoxy groups -OCH3 is 1. The topological polar surface area (TPSA) is 55.8 Å². The first-order valence-electron chi connectivity index (χ1n) is 10.5. The van der Waals surface area contributed by atoms with E-state index in [1.54, 1.807) is 0 Å². The first kappa shape index (κ1) is 22.5. The zero-order valence-corrected chi connectivity index (χ0v) is 20.1. The standard InChI is InChI=1S/C24H33NO4Si/c1-16(29-30(6,7)24(2,3)4)21-22-19(13-17-11-9-8-10-12-17)18(14-20(26)28-5)15-25(22)23(21)27/h8-14,16,21-22H,15H2,1-7H3/b18-14-,19-13+/t16-,21-,22-/m1/s1. The van der Waals surface area contributed by atoms with E-state index in [0.717, 1.165) is 16.7 Å². The summed E-state index contributed by atoms with van der Waals surface area (Å²) in [4.78, 5) is 26.8. The van der Waals surface area contributed by atoms with Gasteiger partial charge in [-0.2, -0.15) is 0 Å². The van der Waals surface area contributed by atoms with Gasteiger partial charge >= 0.3 is 5.97 Å². The van der Waals surface area contributed by atoms with E-state index in [-0.39, 0.29) is 29.0 Å². The van der Waals surface area contributed by atoms with Crippen LogP contribution in [0.2, 0.25) is 18.1 Å². The number of rotatable bonds is 5. The minimum atomic E-state index is -2.01. The van der Waals surface area contributed by atoms with Gasteiger partial charge in [-0.05, 0) is 47.8 Å². The van der Waals surface area contributed by atoms with Gasteiger partial charge in [-0.1, -0.05) is 51.1 Å². The van der Waals surface area contributed by atoms with Gasteiger partial charge in [-0.15, -0.1) is 0 Å². The van der Waals surface area contributed by atoms with E-state index in [1.165, 1.54) is 13.2 Å². The summed E-state index contributed by atoms with van der Waals surface area (Å²) in [6.45, 7) is 13.5. The predicted octanol–water partition coefficient (Wildman–Crippen LogP) is 4.42. The van der Waals surface area contributed by atoms with Crippen molar-refractivity contribution in [1.82, 2.24) is 4.90 Å². The smallest absolute Gasteiger partial charge is 0.330 e. The lowest BCUT2D eigenvalue weighted by Gasteiger charge is -2.48. The number of ether oxygens (including phenoxy) is 1. The maximum absolute atomic E-state index is 13.0. The molecule has 3 rings (SSSR count). The van der Waals surface area contributed by atoms with Crippen LogP contribution in [0.5, 0.6) is 0 Å². The van der Waals surface area contributed by atoms with Crippen molar-refractivity contribution in [1.29, 1.82) is 0 Å². The van der Waals surface area contributed by atoms with Crippen molar-refractivity contribution in [3.8, 4) is 0 Å². The Kier molecular flexibility index (Phi) is 6.12. The molecule has 0 radical (unpaired) electrons. The summed E-state index contributed by atoms with van der Waals surface area (Å²) >= 11 is 0. The van der Waals surface area contributed by atoms with Crippen LogP contribution in [0.3, 0.4) is 0 Å². The molecule has 0 bridgehead atoms. The third-order valence-electron chi connectivity index (χ3n) is 6.68. The molecule has 30 heavy (non-hydrogen) atoms. The average Bonchev–Trinajstić information content (AvgIpc) is 2.94. The van der Waals surface area contributed by atoms with Crippen molar-refractivity contribution in [2.24, 2.45) is 5.92 Å². The van der Waals surface area contributed by atoms with Gasteiger partial charge in [0, 0.05) is 12.6 Å². The fourth-order valence-electron chi connectivity index (χ4n) is 3.99. The van der Waals surface area contributed by atoms with Gasteiger partial charge in [0.05, 0.1) is 25.2 Å². The highest BCUT2D eigenvalue weighted by molar-refractivity contribution is 6.74. The molecule has 2 aliphatic heterocycles. The van der Waals surface area contributed by atoms with Gasteiger partial charge in [-0.25, -0.2) is 4.79 Å². The zero-order valence-electron chi connectivity index (χ0n) is 19.1. The van der Waals surface area contributed by atoms with Crippen molar-refractivity contribution >= 4 is 26.3 Å². The predicted molar refractivity (Wildman–Crippen MR) is 121 cm³/mol. The van der Waals surface area contributed by atoms with Crippen molar-refractivity contribution < 1.29 is 18.8 Å². The lowest BCUT2D eigenvalue weighted by molar-refractivity contribution is -0.156. The molecule has 2 saturated heterocycles. The Bertz CT molecular complexity index is 882. The summed E-state index contributed by atoms with van der Waals surface area (Å²) in [7, 11) is -0.643. The van der Waals surface area contributed by atoms with Crippen LogP contribution in [-0.4, -0.2) is 50.9 Å². The minimum Gasteiger partial charge on any atom is -0.466 e. The van der Waals surface area contributed by atoms with Crippen LogP contribution in [0.4, 0.5) is 0 Å². The van der Waals surface area contributed by atoms with E-state index in [1.807, 2.05) is 42.2 Å². The van der Waals surface area contributed by atoms with Crippen LogP contribution in [0.1, 0.15) is 33.3 Å². The Balaban J connectivity index is 1.94. The Morgan fingerprint density at radius 3 is 2.43 bits per heavy atom. The van der Waals surface area contributed by atoms with Gasteiger partial charge in [0.1, 0.15) is 0 Å². The summed E-state index contributed by atoms with van der Waals surface area (Å²) < 4.78 is 11.4. The van der Waals surface area contributed by atoms with Crippen LogP contribution in [0, 0.1) is 5.92 Å². The number of hydrogen-bond donors (Lipinski definition) is 0. The lowest BCUT2D eigenvalue weighted by Crippen LogP contribution is -2.63. The Labute approximate surface area is 180 Å². The van der Waals surface area contributed by atoms with Crippen molar-refractivity contribution in [2.75, 3.05) is 13.7 Å². The maximum Gasteiger partial charge on any atom is 0.330 e. The average molecular weight is 428 g/mol. The number of nitrogens with zero attached hydrogens (tertiary/aromatic N) is 1. The molecule has 1 amide bonds. The second kappa shape index (κ2) is 8.15. The van der Waals surface area contributed by atoms with Crippen LogP contribution < -0.4 is 0 Å². The molecule has 0 saturated carbocycles. The highest BCUT2D eigenvalue weighted by Crippen LogP contribution is 2.46. The third-order valence-corrected chi connectivity index (χ3v) is 11.3. The number of carbonyl (C=O) groups is 2. The molecule has 0 spiro atoms. The van der Waals surface area contributed by atoms with Crippen molar-refractivity contribution in [3.63, 3.8) is 0 Å². The molecular formula is C24H33NO4Si. The molecule has 2 aliphatic rings. The Morgan fingerprint density at radius 2 is 1.87 bits per heavy atom. The molecule has 6 heteroatoms. The number of carbonyl (C=O) groups excluding carboxylic acids is 2. The van der Waals surface area contributed by atoms with E-state index in [4.69, 9.17) is 9.16 Å². The fraction of sp³-hybridized carbons (Fsp3) is 0.500. The second-order valence-corrected chi connectivity index (χ2v) is 14.5. The maximum atomic E-state index is 13.0. The van der Waals surface area contributed by atoms with Gasteiger partial charge in [0.2, 0.25) is 5.91 Å². The van der Waals surface area contributed by atoms with Crippen LogP contribution in [-0.2, 0) is 18.8 Å². The number of amides is 1. The van der Waals surface area contributed by atoms with Gasteiger partial charge < -0.3 is 14.1 Å². The monoisotopic (exact) mass is 427 g/mol. The van der Waals surface area contributed by atoms with E-state index < -0.39 is 14.3 Å². The second-order valence-electron chi connectivity index (χ2n) is 9.72. The van der Waals surface area contributed by atoms with Gasteiger partial charge in [0.15, 0.2) is 8.32 Å². The van der Waals surface area contributed by atoms with Crippen LogP contribution in [0.15, 0.2) is 47.6 Å². The SMILES string of the molecule is COC(=O)/C=C1/CN2C(=O)[C@H]([C@@H](C)O[Si](C)(C)C(C)(C)C)[C@H]2/C1=C/c1ccccc1. The number of fused-ring (bicyclic) bond motifs is 1. The Morgan fingerprint density at radius 1 is 1.23 bits per heavy atom. The summed E-state index contributed by atoms with van der Waals surface area (Å²) in [6.07, 6.45) is 3.41. The first-order chi connectivity index (χ1) is 14.0. The molecule has 3 atom stereocenters. The molecule has 1 aromatic rings. The molecule has 1 aromatic carbocycles. The van der Waals surface area contributed by atoms with Crippen molar-refractivity contribution in [2.45, 2.75) is 58.0 Å². The van der Waals surface area contributed by atoms with Crippen molar-refractivity contribution in [3.05, 3.63) is 53.1 Å². The quantitative estimate of drug-likeness (QED) is 0.302. The first-order valence-corrected chi connectivity index (χ1v) is 13.4. The Hall–Kier alpha value is -2.18. The largest absolute Gasteiger partial charge is 0.466 e. The van der Waals surface area contributed by atoms with Gasteiger partial charge in [0.25, 0.3) is 0 Å². The minimum absolute atomic E-state index is 0.0715. The summed E-state index contributed by atoms with van der Waals surface area (Å²) in [5.74, 6) is -0.544. The van der Waals surface area contributed by atoms with Gasteiger partial charge in [-0.3, -0.25) is 4.79 Å². The molecule has 2 heterocycles. The highest BCUT2D eigenvalue weighted by atomic mass is 28.4. The van der Waals surface area contributed by atoms with Crippen LogP contribution >= 0.6 is 0 Å². The van der Waals surface area contributed by atoms with Crippen LogP contribution in [0.25, 0.3) is 6.08 Å². The normalized spacial score (nSPS) is 25.3. The molecule has 0 N–H and O–H groups in total. The van der Waals surface area contributed by atoms with E-state index in [9.17, 15) is 9.59 Å². The third kappa shape index (κ3) is 4.16. The molecule has 162 valence electrons. The van der Waals surface area contributed by atoms with E-state index in [0.29, 0.717) is 6.54 Å². The molecule has 2 fully saturated rings. The number of benzene rings is 1. The summed E-state index contributed by atoms with van der Waals surface area (Å²) in [5.41, 5.74) is 2.88. The summed E-state index contributed by atoms with van der Waals surface area (Å²) in [5, 5.41) is 0.0715. The molecule has 0 unspecified atom stereocenters. The zero-order chi connectivity index (χ0) is 22.3. The fourth-order valence-corrected chi connectivity index (χ4v) is 5.42. The lowest BCUT2D eigenvalue weighted by atomic mass is 9.80. The molecule has 0 aliphatic carbocycles. The molecule has 5 nitrogen and oxygen atoms in total. The molecule has 0 aromatic heterocycles. The highest BCUT2D eigenvalue weighted by Gasteiger charge is 2.57.